The molecule has 0 atom stereocenters. The summed E-state index contributed by atoms with van der Waals surface area (Å²) >= 11 is 5.71. The van der Waals surface area contributed by atoms with E-state index in [2.05, 4.69) is 4.74 Å². The lowest BCUT2D eigenvalue weighted by Crippen LogP contribution is -2.16. The van der Waals surface area contributed by atoms with Crippen molar-refractivity contribution in [2.75, 3.05) is 13.7 Å². The van der Waals surface area contributed by atoms with Gasteiger partial charge in [-0.1, -0.05) is 11.6 Å². The first-order valence-electron chi connectivity index (χ1n) is 7.50. The SMILES string of the molecule is COc1cc(C(=O)OCC(=O)c2ccc(Cl)cc2)c([N+](=O)[O-])cc1OC(F)F. The molecule has 2 aromatic carbocycles. The second-order valence-corrected chi connectivity index (χ2v) is 5.60. The average Bonchev–Trinajstić information content (AvgIpc) is 2.65. The van der Waals surface area contributed by atoms with Gasteiger partial charge < -0.3 is 14.2 Å². The first kappa shape index (κ1) is 21.0. The Morgan fingerprint density at radius 2 is 1.82 bits per heavy atom. The molecule has 28 heavy (non-hydrogen) atoms. The second-order valence-electron chi connectivity index (χ2n) is 5.16. The third kappa shape index (κ3) is 5.13. The number of nitro groups is 1. The van der Waals surface area contributed by atoms with E-state index in [1.807, 2.05) is 0 Å². The number of carbonyl (C=O) groups is 2. The van der Waals surface area contributed by atoms with E-state index in [0.29, 0.717) is 11.1 Å². The number of Topliss-reactive ketones (excluding diaryl/α,β-unsaturated/α-hetero) is 1. The predicted octanol–water partition coefficient (Wildman–Crippen LogP) is 3.90. The van der Waals surface area contributed by atoms with E-state index in [1.54, 1.807) is 0 Å². The summed E-state index contributed by atoms with van der Waals surface area (Å²) in [5.41, 5.74) is -1.22. The van der Waals surface area contributed by atoms with Crippen LogP contribution in [-0.2, 0) is 4.74 Å². The number of ether oxygens (including phenoxy) is 3. The molecule has 11 heteroatoms. The second kappa shape index (κ2) is 9.09. The largest absolute Gasteiger partial charge is 0.493 e. The van der Waals surface area contributed by atoms with E-state index in [-0.39, 0.29) is 11.3 Å². The summed E-state index contributed by atoms with van der Waals surface area (Å²) < 4.78 is 38.7. The molecule has 0 radical (unpaired) electrons. The van der Waals surface area contributed by atoms with E-state index in [9.17, 15) is 28.5 Å². The van der Waals surface area contributed by atoms with Crippen LogP contribution in [0.25, 0.3) is 0 Å². The van der Waals surface area contributed by atoms with E-state index in [4.69, 9.17) is 21.1 Å². The summed E-state index contributed by atoms with van der Waals surface area (Å²) in [6.07, 6.45) is 0. The van der Waals surface area contributed by atoms with Crippen LogP contribution >= 0.6 is 11.6 Å². The van der Waals surface area contributed by atoms with Gasteiger partial charge in [0.25, 0.3) is 5.69 Å². The predicted molar refractivity (Wildman–Crippen MR) is 92.3 cm³/mol. The summed E-state index contributed by atoms with van der Waals surface area (Å²) in [7, 11) is 1.10. The molecule has 0 saturated heterocycles. The van der Waals surface area contributed by atoms with Crippen molar-refractivity contribution in [2.45, 2.75) is 6.61 Å². The van der Waals surface area contributed by atoms with Gasteiger partial charge in [0.1, 0.15) is 5.56 Å². The molecule has 0 aromatic heterocycles. The van der Waals surface area contributed by atoms with Gasteiger partial charge in [0.2, 0.25) is 0 Å². The van der Waals surface area contributed by atoms with Gasteiger partial charge in [-0.25, -0.2) is 4.79 Å². The molecule has 0 aliphatic heterocycles. The van der Waals surface area contributed by atoms with Crippen molar-refractivity contribution in [3.05, 3.63) is 62.7 Å². The smallest absolute Gasteiger partial charge is 0.387 e. The molecule has 0 saturated carbocycles. The zero-order valence-corrected chi connectivity index (χ0v) is 14.9. The summed E-state index contributed by atoms with van der Waals surface area (Å²) in [6.45, 7) is -3.96. The minimum atomic E-state index is -3.26. The molecule has 0 unspecified atom stereocenters. The van der Waals surface area contributed by atoms with Gasteiger partial charge in [-0.3, -0.25) is 14.9 Å². The molecule has 2 aromatic rings. The van der Waals surface area contributed by atoms with E-state index >= 15 is 0 Å². The molecule has 0 aliphatic rings. The van der Waals surface area contributed by atoms with Crippen molar-refractivity contribution < 1.29 is 37.5 Å². The fraction of sp³-hybridized carbons (Fsp3) is 0.176. The van der Waals surface area contributed by atoms with Crippen molar-refractivity contribution in [1.29, 1.82) is 0 Å². The highest BCUT2D eigenvalue weighted by Crippen LogP contribution is 2.36. The lowest BCUT2D eigenvalue weighted by molar-refractivity contribution is -0.385. The van der Waals surface area contributed by atoms with Gasteiger partial charge in [-0.05, 0) is 24.3 Å². The van der Waals surface area contributed by atoms with Crippen LogP contribution in [0.15, 0.2) is 36.4 Å². The van der Waals surface area contributed by atoms with Gasteiger partial charge >= 0.3 is 12.6 Å². The normalized spacial score (nSPS) is 10.5. The van der Waals surface area contributed by atoms with Gasteiger partial charge in [-0.2, -0.15) is 8.78 Å². The van der Waals surface area contributed by atoms with E-state index in [0.717, 1.165) is 13.2 Å². The zero-order chi connectivity index (χ0) is 20.8. The number of methoxy groups -OCH3 is 1. The summed E-state index contributed by atoms with van der Waals surface area (Å²) in [4.78, 5) is 34.5. The third-order valence-corrected chi connectivity index (χ3v) is 3.67. The Kier molecular flexibility index (Phi) is 6.83. The molecule has 0 bridgehead atoms. The number of hydrogen-bond donors (Lipinski definition) is 0. The number of alkyl halides is 2. The van der Waals surface area contributed by atoms with Crippen LogP contribution in [0, 0.1) is 10.1 Å². The van der Waals surface area contributed by atoms with Crippen molar-refractivity contribution in [1.82, 2.24) is 0 Å². The fourth-order valence-electron chi connectivity index (χ4n) is 2.14. The van der Waals surface area contributed by atoms with Crippen molar-refractivity contribution in [3.8, 4) is 11.5 Å². The molecule has 0 fully saturated rings. The molecule has 0 aliphatic carbocycles. The quantitative estimate of drug-likeness (QED) is 0.278. The fourth-order valence-corrected chi connectivity index (χ4v) is 2.27. The molecule has 2 rings (SSSR count). The van der Waals surface area contributed by atoms with Gasteiger partial charge in [0.15, 0.2) is 23.9 Å². The molecule has 0 spiro atoms. The maximum absolute atomic E-state index is 12.4. The zero-order valence-electron chi connectivity index (χ0n) is 14.2. The van der Waals surface area contributed by atoms with Crippen LogP contribution in [0.5, 0.6) is 11.5 Å². The maximum Gasteiger partial charge on any atom is 0.387 e. The number of nitro benzene ring substituents is 1. The number of ketones is 1. The van der Waals surface area contributed by atoms with Crippen molar-refractivity contribution >= 4 is 29.0 Å². The minimum Gasteiger partial charge on any atom is -0.493 e. The lowest BCUT2D eigenvalue weighted by Gasteiger charge is -2.12. The monoisotopic (exact) mass is 415 g/mol. The Hall–Kier alpha value is -3.27. The molecule has 8 nitrogen and oxygen atoms in total. The molecule has 0 amide bonds. The van der Waals surface area contributed by atoms with Crippen LogP contribution in [-0.4, -0.2) is 37.0 Å². The Balaban J connectivity index is 2.24. The summed E-state index contributed by atoms with van der Waals surface area (Å²) in [6, 6.07) is 7.20. The van der Waals surface area contributed by atoms with Crippen molar-refractivity contribution in [2.24, 2.45) is 0 Å². The first-order valence-corrected chi connectivity index (χ1v) is 7.88. The topological polar surface area (TPSA) is 105 Å². The van der Waals surface area contributed by atoms with Crippen LogP contribution < -0.4 is 9.47 Å². The Bertz CT molecular complexity index is 903. The number of carbonyl (C=O) groups excluding carboxylic acids is 2. The van der Waals surface area contributed by atoms with E-state index in [1.165, 1.54) is 24.3 Å². The van der Waals surface area contributed by atoms with Crippen molar-refractivity contribution in [3.63, 3.8) is 0 Å². The Labute approximate surface area is 161 Å². The van der Waals surface area contributed by atoms with E-state index < -0.39 is 46.9 Å². The summed E-state index contributed by atoms with van der Waals surface area (Å²) in [5.74, 6) is -2.76. The molecular formula is C17H12ClF2NO7. The Morgan fingerprint density at radius 1 is 1.18 bits per heavy atom. The highest BCUT2D eigenvalue weighted by atomic mass is 35.5. The average molecular weight is 416 g/mol. The molecule has 0 heterocycles. The van der Waals surface area contributed by atoms with Crippen LogP contribution in [0.1, 0.15) is 20.7 Å². The van der Waals surface area contributed by atoms with Gasteiger partial charge in [0.05, 0.1) is 18.1 Å². The molecule has 0 N–H and O–H groups in total. The van der Waals surface area contributed by atoms with Crippen LogP contribution in [0.2, 0.25) is 5.02 Å². The third-order valence-electron chi connectivity index (χ3n) is 3.42. The van der Waals surface area contributed by atoms with Crippen LogP contribution in [0.4, 0.5) is 14.5 Å². The molecule has 148 valence electrons. The highest BCUT2D eigenvalue weighted by molar-refractivity contribution is 6.30. The van der Waals surface area contributed by atoms with Gasteiger partial charge in [0, 0.05) is 16.7 Å². The maximum atomic E-state index is 12.4. The number of halogens is 3. The summed E-state index contributed by atoms with van der Waals surface area (Å²) in [5, 5.41) is 11.6. The highest BCUT2D eigenvalue weighted by Gasteiger charge is 2.27. The first-order chi connectivity index (χ1) is 13.2. The number of nitrogens with zero attached hydrogens (tertiary/aromatic N) is 1. The standard InChI is InChI=1S/C17H12ClF2NO7/c1-26-14-6-11(12(21(24)25)7-15(14)28-17(19)20)16(23)27-8-13(22)9-2-4-10(18)5-3-9/h2-7,17H,8H2,1H3. The minimum absolute atomic E-state index is 0.213. The number of rotatable bonds is 8. The van der Waals surface area contributed by atoms with Crippen LogP contribution in [0.3, 0.4) is 0 Å². The lowest BCUT2D eigenvalue weighted by atomic mass is 10.1. The number of benzene rings is 2. The number of hydrogen-bond acceptors (Lipinski definition) is 7. The number of esters is 1. The van der Waals surface area contributed by atoms with Gasteiger partial charge in [-0.15, -0.1) is 0 Å². The molecular weight excluding hydrogens is 404 g/mol. The Morgan fingerprint density at radius 3 is 2.36 bits per heavy atom.